The van der Waals surface area contributed by atoms with Gasteiger partial charge in [0.25, 0.3) is 5.91 Å². The molecule has 2 rings (SSSR count). The maximum absolute atomic E-state index is 11.9. The van der Waals surface area contributed by atoms with Crippen molar-refractivity contribution >= 4 is 39.1 Å². The molecule has 2 N–H and O–H groups in total. The first-order valence-corrected chi connectivity index (χ1v) is 7.94. The Hall–Kier alpha value is -2.34. The third kappa shape index (κ3) is 5.75. The van der Waals surface area contributed by atoms with E-state index in [9.17, 15) is 9.59 Å². The molecule has 5 nitrogen and oxygen atoms in total. The summed E-state index contributed by atoms with van der Waals surface area (Å²) >= 11 is 3.34. The second-order valence-corrected chi connectivity index (χ2v) is 5.69. The zero-order valence-electron chi connectivity index (χ0n) is 12.6. The predicted molar refractivity (Wildman–Crippen MR) is 93.6 cm³/mol. The van der Waals surface area contributed by atoms with E-state index >= 15 is 0 Å². The molecule has 0 aromatic heterocycles. The Labute approximate surface area is 143 Å². The summed E-state index contributed by atoms with van der Waals surface area (Å²) in [5.41, 5.74) is 1.24. The molecule has 0 spiro atoms. The van der Waals surface area contributed by atoms with Crippen LogP contribution in [-0.2, 0) is 9.59 Å². The first kappa shape index (κ1) is 17.0. The number of hydrogen-bond acceptors (Lipinski definition) is 3. The molecule has 0 aliphatic carbocycles. The summed E-state index contributed by atoms with van der Waals surface area (Å²) in [4.78, 5) is 23.3. The largest absolute Gasteiger partial charge is 0.484 e. The molecule has 0 atom stereocenters. The van der Waals surface area contributed by atoms with Crippen LogP contribution >= 0.6 is 15.9 Å². The molecular formula is C17H17BrN2O3. The quantitative estimate of drug-likeness (QED) is 0.805. The van der Waals surface area contributed by atoms with Gasteiger partial charge in [-0.2, -0.15) is 0 Å². The average Bonchev–Trinajstić information content (AvgIpc) is 2.53. The van der Waals surface area contributed by atoms with Crippen LogP contribution in [0.4, 0.5) is 11.4 Å². The zero-order valence-corrected chi connectivity index (χ0v) is 14.2. The number of nitrogens with one attached hydrogen (secondary N) is 2. The van der Waals surface area contributed by atoms with Gasteiger partial charge in [0.2, 0.25) is 5.91 Å². The topological polar surface area (TPSA) is 67.4 Å². The SMILES string of the molecule is CCC(=O)Nc1cccc(NC(=O)COc2cccc(Br)c2)c1. The van der Waals surface area contributed by atoms with E-state index in [4.69, 9.17) is 4.74 Å². The summed E-state index contributed by atoms with van der Waals surface area (Å²) in [5, 5.41) is 5.47. The van der Waals surface area contributed by atoms with Gasteiger partial charge in [-0.05, 0) is 36.4 Å². The summed E-state index contributed by atoms with van der Waals surface area (Å²) in [6.07, 6.45) is 0.400. The summed E-state index contributed by atoms with van der Waals surface area (Å²) in [5.74, 6) is 0.258. The molecule has 2 aromatic rings. The van der Waals surface area contributed by atoms with Gasteiger partial charge in [0.1, 0.15) is 5.75 Å². The van der Waals surface area contributed by atoms with Crippen LogP contribution in [0, 0.1) is 0 Å². The van der Waals surface area contributed by atoms with Gasteiger partial charge in [0.15, 0.2) is 6.61 Å². The minimum Gasteiger partial charge on any atom is -0.484 e. The summed E-state index contributed by atoms with van der Waals surface area (Å²) in [6.45, 7) is 1.68. The van der Waals surface area contributed by atoms with Crippen molar-refractivity contribution in [2.75, 3.05) is 17.2 Å². The number of halogens is 1. The number of hydrogen-bond donors (Lipinski definition) is 2. The van der Waals surface area contributed by atoms with E-state index in [1.807, 2.05) is 12.1 Å². The van der Waals surface area contributed by atoms with Crippen molar-refractivity contribution in [3.8, 4) is 5.75 Å². The molecule has 2 amide bonds. The molecule has 0 radical (unpaired) electrons. The van der Waals surface area contributed by atoms with Crippen molar-refractivity contribution in [3.63, 3.8) is 0 Å². The fraction of sp³-hybridized carbons (Fsp3) is 0.176. The fourth-order valence-corrected chi connectivity index (χ4v) is 2.21. The van der Waals surface area contributed by atoms with E-state index in [1.165, 1.54) is 0 Å². The molecule has 0 saturated heterocycles. The smallest absolute Gasteiger partial charge is 0.262 e. The minimum absolute atomic E-state index is 0.0773. The highest BCUT2D eigenvalue weighted by molar-refractivity contribution is 9.10. The predicted octanol–water partition coefficient (Wildman–Crippen LogP) is 3.82. The lowest BCUT2D eigenvalue weighted by molar-refractivity contribution is -0.118. The van der Waals surface area contributed by atoms with E-state index < -0.39 is 0 Å². The van der Waals surface area contributed by atoms with Crippen molar-refractivity contribution in [1.29, 1.82) is 0 Å². The van der Waals surface area contributed by atoms with E-state index in [-0.39, 0.29) is 18.4 Å². The number of rotatable bonds is 6. The highest BCUT2D eigenvalue weighted by Gasteiger charge is 2.05. The molecule has 0 unspecified atom stereocenters. The van der Waals surface area contributed by atoms with Crippen LogP contribution in [0.2, 0.25) is 0 Å². The molecule has 120 valence electrons. The van der Waals surface area contributed by atoms with Crippen LogP contribution in [0.1, 0.15) is 13.3 Å². The van der Waals surface area contributed by atoms with Crippen LogP contribution in [-0.4, -0.2) is 18.4 Å². The molecule has 23 heavy (non-hydrogen) atoms. The third-order valence-electron chi connectivity index (χ3n) is 2.92. The first-order valence-electron chi connectivity index (χ1n) is 7.15. The van der Waals surface area contributed by atoms with Crippen LogP contribution in [0.5, 0.6) is 5.75 Å². The van der Waals surface area contributed by atoms with E-state index in [0.29, 0.717) is 23.5 Å². The van der Waals surface area contributed by atoms with Crippen LogP contribution < -0.4 is 15.4 Å². The highest BCUT2D eigenvalue weighted by atomic mass is 79.9. The Balaban J connectivity index is 1.90. The second kappa shape index (κ2) is 8.33. The molecule has 0 saturated carbocycles. The highest BCUT2D eigenvalue weighted by Crippen LogP contribution is 2.18. The van der Waals surface area contributed by atoms with E-state index in [0.717, 1.165) is 4.47 Å². The summed E-state index contributed by atoms with van der Waals surface area (Å²) in [7, 11) is 0. The van der Waals surface area contributed by atoms with Gasteiger partial charge in [0, 0.05) is 22.3 Å². The standard InChI is InChI=1S/C17H17BrN2O3/c1-2-16(21)19-13-6-4-7-14(10-13)20-17(22)11-23-15-8-3-5-12(18)9-15/h3-10H,2,11H2,1H3,(H,19,21)(H,20,22). The Kier molecular flexibility index (Phi) is 6.17. The van der Waals surface area contributed by atoms with Crippen molar-refractivity contribution in [1.82, 2.24) is 0 Å². The molecular weight excluding hydrogens is 360 g/mol. The lowest BCUT2D eigenvalue weighted by atomic mass is 10.2. The number of ether oxygens (including phenoxy) is 1. The number of benzene rings is 2. The zero-order chi connectivity index (χ0) is 16.7. The van der Waals surface area contributed by atoms with Gasteiger partial charge in [-0.25, -0.2) is 0 Å². The van der Waals surface area contributed by atoms with Gasteiger partial charge >= 0.3 is 0 Å². The van der Waals surface area contributed by atoms with Crippen molar-refractivity contribution in [2.45, 2.75) is 13.3 Å². The number of amides is 2. The normalized spacial score (nSPS) is 10.0. The van der Waals surface area contributed by atoms with Crippen LogP contribution in [0.25, 0.3) is 0 Å². The average molecular weight is 377 g/mol. The van der Waals surface area contributed by atoms with Gasteiger partial charge in [-0.3, -0.25) is 9.59 Å². The second-order valence-electron chi connectivity index (χ2n) is 4.78. The molecule has 0 bridgehead atoms. The van der Waals surface area contributed by atoms with E-state index in [2.05, 4.69) is 26.6 Å². The number of carbonyl (C=O) groups excluding carboxylic acids is 2. The molecule has 0 heterocycles. The number of anilines is 2. The molecule has 2 aromatic carbocycles. The maximum atomic E-state index is 11.9. The van der Waals surface area contributed by atoms with Crippen LogP contribution in [0.3, 0.4) is 0 Å². The number of carbonyl (C=O) groups is 2. The van der Waals surface area contributed by atoms with Gasteiger partial charge in [-0.1, -0.05) is 35.0 Å². The fourth-order valence-electron chi connectivity index (χ4n) is 1.83. The van der Waals surface area contributed by atoms with Crippen molar-refractivity contribution < 1.29 is 14.3 Å². The molecule has 0 aliphatic heterocycles. The Bertz CT molecular complexity index is 704. The van der Waals surface area contributed by atoms with Gasteiger partial charge < -0.3 is 15.4 Å². The van der Waals surface area contributed by atoms with Crippen molar-refractivity contribution in [2.24, 2.45) is 0 Å². The van der Waals surface area contributed by atoms with Gasteiger partial charge in [-0.15, -0.1) is 0 Å². The molecule has 0 fully saturated rings. The molecule has 6 heteroatoms. The van der Waals surface area contributed by atoms with Gasteiger partial charge in [0.05, 0.1) is 0 Å². The monoisotopic (exact) mass is 376 g/mol. The summed E-state index contributed by atoms with van der Waals surface area (Å²) in [6, 6.07) is 14.2. The Morgan fingerprint density at radius 3 is 2.30 bits per heavy atom. The lowest BCUT2D eigenvalue weighted by Gasteiger charge is -2.09. The third-order valence-corrected chi connectivity index (χ3v) is 3.41. The van der Waals surface area contributed by atoms with Crippen molar-refractivity contribution in [3.05, 3.63) is 53.0 Å². The first-order chi connectivity index (χ1) is 11.1. The van der Waals surface area contributed by atoms with Crippen LogP contribution in [0.15, 0.2) is 53.0 Å². The summed E-state index contributed by atoms with van der Waals surface area (Å²) < 4.78 is 6.31. The van der Waals surface area contributed by atoms with E-state index in [1.54, 1.807) is 43.3 Å². The maximum Gasteiger partial charge on any atom is 0.262 e. The molecule has 0 aliphatic rings. The minimum atomic E-state index is -0.274. The Morgan fingerprint density at radius 2 is 1.65 bits per heavy atom. The Morgan fingerprint density at radius 1 is 1.00 bits per heavy atom. The lowest BCUT2D eigenvalue weighted by Crippen LogP contribution is -2.20.